The molecule has 1 aromatic carbocycles. The zero-order valence-corrected chi connectivity index (χ0v) is 12.7. The largest absolute Gasteiger partial charge is 0.452 e. The molecule has 1 unspecified atom stereocenters. The molecule has 0 aliphatic heterocycles. The normalized spacial score (nSPS) is 16.7. The van der Waals surface area contributed by atoms with Crippen molar-refractivity contribution in [1.29, 1.82) is 0 Å². The van der Waals surface area contributed by atoms with Crippen LogP contribution in [0.25, 0.3) is 0 Å². The molecule has 0 saturated heterocycles. The van der Waals surface area contributed by atoms with Gasteiger partial charge in [-0.3, -0.25) is 9.59 Å². The Labute approximate surface area is 132 Å². The quantitative estimate of drug-likeness (QED) is 0.679. The van der Waals surface area contributed by atoms with Gasteiger partial charge in [0.1, 0.15) is 0 Å². The lowest BCUT2D eigenvalue weighted by Crippen LogP contribution is -2.33. The minimum atomic E-state index is -1.67. The minimum Gasteiger partial charge on any atom is -0.452 e. The van der Waals surface area contributed by atoms with E-state index in [0.717, 1.165) is 38.2 Å². The Hall–Kier alpha value is -2.05. The van der Waals surface area contributed by atoms with E-state index >= 15 is 0 Å². The molecule has 1 saturated carbocycles. The predicted octanol–water partition coefficient (Wildman–Crippen LogP) is 3.55. The highest BCUT2D eigenvalue weighted by Crippen LogP contribution is 2.25. The molecular weight excluding hydrogens is 311 g/mol. The lowest BCUT2D eigenvalue weighted by atomic mass is 9.89. The van der Waals surface area contributed by atoms with Crippen LogP contribution in [0.4, 0.5) is 18.9 Å². The summed E-state index contributed by atoms with van der Waals surface area (Å²) in [4.78, 5) is 23.9. The van der Waals surface area contributed by atoms with Crippen molar-refractivity contribution in [3.8, 4) is 0 Å². The zero-order valence-electron chi connectivity index (χ0n) is 12.7. The van der Waals surface area contributed by atoms with Crippen LogP contribution in [-0.4, -0.2) is 18.0 Å². The van der Waals surface area contributed by atoms with Crippen molar-refractivity contribution in [2.24, 2.45) is 5.92 Å². The van der Waals surface area contributed by atoms with Crippen LogP contribution in [0.1, 0.15) is 39.0 Å². The Kier molecular flexibility index (Phi) is 5.63. The van der Waals surface area contributed by atoms with E-state index in [1.807, 2.05) is 0 Å². The molecule has 0 bridgehead atoms. The number of carbonyl (C=O) groups is 2. The monoisotopic (exact) mass is 329 g/mol. The van der Waals surface area contributed by atoms with Crippen molar-refractivity contribution in [2.45, 2.75) is 45.1 Å². The minimum absolute atomic E-state index is 0.223. The zero-order chi connectivity index (χ0) is 17.0. The maximum absolute atomic E-state index is 13.5. The second kappa shape index (κ2) is 7.48. The smallest absolute Gasteiger partial charge is 0.309 e. The summed E-state index contributed by atoms with van der Waals surface area (Å²) in [6.45, 7) is 1.34. The summed E-state index contributed by atoms with van der Waals surface area (Å²) in [5.74, 6) is -6.01. The fourth-order valence-corrected chi connectivity index (χ4v) is 2.52. The fraction of sp³-hybridized carbons (Fsp3) is 0.500. The van der Waals surface area contributed by atoms with Gasteiger partial charge in [0.2, 0.25) is 0 Å². The SMILES string of the molecule is CC(OC(=O)C1CCCCC1)C(=O)Nc1ccc(F)c(F)c1F. The highest BCUT2D eigenvalue weighted by molar-refractivity contribution is 5.95. The van der Waals surface area contributed by atoms with Crippen LogP contribution < -0.4 is 5.32 Å². The highest BCUT2D eigenvalue weighted by atomic mass is 19.2. The Morgan fingerprint density at radius 1 is 1.13 bits per heavy atom. The molecule has 0 spiro atoms. The highest BCUT2D eigenvalue weighted by Gasteiger charge is 2.27. The van der Waals surface area contributed by atoms with Crippen molar-refractivity contribution in [3.05, 3.63) is 29.6 Å². The molecule has 0 radical (unpaired) electrons. The van der Waals surface area contributed by atoms with Crippen molar-refractivity contribution < 1.29 is 27.5 Å². The maximum Gasteiger partial charge on any atom is 0.309 e. The van der Waals surface area contributed by atoms with Gasteiger partial charge in [0.05, 0.1) is 11.6 Å². The standard InChI is InChI=1S/C16H18F3NO3/c1-9(23-16(22)10-5-3-2-4-6-10)15(21)20-12-8-7-11(17)13(18)14(12)19/h7-10H,2-6H2,1H3,(H,20,21). The molecule has 1 fully saturated rings. The van der Waals surface area contributed by atoms with E-state index in [9.17, 15) is 22.8 Å². The van der Waals surface area contributed by atoms with Gasteiger partial charge >= 0.3 is 5.97 Å². The van der Waals surface area contributed by atoms with Crippen LogP contribution in [0.15, 0.2) is 12.1 Å². The van der Waals surface area contributed by atoms with Gasteiger partial charge in [0.15, 0.2) is 23.6 Å². The molecule has 0 heterocycles. The number of anilines is 1. The molecule has 1 aromatic rings. The molecular formula is C16H18F3NO3. The number of esters is 1. The lowest BCUT2D eigenvalue weighted by molar-refractivity contribution is -0.158. The lowest BCUT2D eigenvalue weighted by Gasteiger charge is -2.22. The van der Waals surface area contributed by atoms with Gasteiger partial charge in [0.25, 0.3) is 5.91 Å². The first-order chi connectivity index (χ1) is 10.9. The summed E-state index contributed by atoms with van der Waals surface area (Å²) < 4.78 is 44.5. The van der Waals surface area contributed by atoms with Crippen LogP contribution in [0.2, 0.25) is 0 Å². The first-order valence-corrected chi connectivity index (χ1v) is 7.55. The van der Waals surface area contributed by atoms with Crippen molar-refractivity contribution in [3.63, 3.8) is 0 Å². The fourth-order valence-electron chi connectivity index (χ4n) is 2.52. The summed E-state index contributed by atoms with van der Waals surface area (Å²) in [5, 5.41) is 2.09. The molecule has 1 amide bonds. The van der Waals surface area contributed by atoms with E-state index in [0.29, 0.717) is 6.07 Å². The van der Waals surface area contributed by atoms with Gasteiger partial charge in [-0.1, -0.05) is 19.3 Å². The Morgan fingerprint density at radius 3 is 2.43 bits per heavy atom. The summed E-state index contributed by atoms with van der Waals surface area (Å²) in [5.41, 5.74) is -0.505. The van der Waals surface area contributed by atoms with Crippen LogP contribution >= 0.6 is 0 Å². The van der Waals surface area contributed by atoms with E-state index in [2.05, 4.69) is 5.32 Å². The number of nitrogens with one attached hydrogen (secondary N) is 1. The average Bonchev–Trinajstić information content (AvgIpc) is 2.56. The van der Waals surface area contributed by atoms with Gasteiger partial charge in [-0.15, -0.1) is 0 Å². The average molecular weight is 329 g/mol. The molecule has 0 aromatic heterocycles. The Morgan fingerprint density at radius 2 is 1.78 bits per heavy atom. The summed E-state index contributed by atoms with van der Waals surface area (Å²) in [6.07, 6.45) is 3.27. The molecule has 1 aliphatic rings. The Balaban J connectivity index is 1.94. The molecule has 23 heavy (non-hydrogen) atoms. The Bertz CT molecular complexity index is 600. The molecule has 1 N–H and O–H groups in total. The number of hydrogen-bond acceptors (Lipinski definition) is 3. The van der Waals surface area contributed by atoms with Gasteiger partial charge in [-0.2, -0.15) is 0 Å². The first-order valence-electron chi connectivity index (χ1n) is 7.55. The predicted molar refractivity (Wildman–Crippen MR) is 77.1 cm³/mol. The third-order valence-corrected chi connectivity index (χ3v) is 3.89. The van der Waals surface area contributed by atoms with Gasteiger partial charge in [-0.05, 0) is 31.9 Å². The molecule has 7 heteroatoms. The van der Waals surface area contributed by atoms with Crippen molar-refractivity contribution >= 4 is 17.6 Å². The molecule has 126 valence electrons. The van der Waals surface area contributed by atoms with Gasteiger partial charge in [0, 0.05) is 0 Å². The number of amides is 1. The molecule has 4 nitrogen and oxygen atoms in total. The summed E-state index contributed by atoms with van der Waals surface area (Å²) in [7, 11) is 0. The van der Waals surface area contributed by atoms with E-state index in [4.69, 9.17) is 4.74 Å². The van der Waals surface area contributed by atoms with Crippen LogP contribution in [0.5, 0.6) is 0 Å². The van der Waals surface area contributed by atoms with E-state index in [-0.39, 0.29) is 5.92 Å². The second-order valence-electron chi connectivity index (χ2n) is 5.63. The van der Waals surface area contributed by atoms with Crippen molar-refractivity contribution in [1.82, 2.24) is 0 Å². The maximum atomic E-state index is 13.5. The number of carbonyl (C=O) groups excluding carboxylic acids is 2. The van der Waals surface area contributed by atoms with Crippen LogP contribution in [0, 0.1) is 23.4 Å². The molecule has 1 aliphatic carbocycles. The summed E-state index contributed by atoms with van der Waals surface area (Å²) in [6, 6.07) is 1.61. The number of hydrogen-bond donors (Lipinski definition) is 1. The van der Waals surface area contributed by atoms with Gasteiger partial charge < -0.3 is 10.1 Å². The third-order valence-electron chi connectivity index (χ3n) is 3.89. The third kappa shape index (κ3) is 4.24. The first kappa shape index (κ1) is 17.3. The number of benzene rings is 1. The number of ether oxygens (including phenoxy) is 1. The molecule has 1 atom stereocenters. The van der Waals surface area contributed by atoms with Crippen molar-refractivity contribution in [2.75, 3.05) is 5.32 Å². The van der Waals surface area contributed by atoms with E-state index in [1.54, 1.807) is 0 Å². The second-order valence-corrected chi connectivity index (χ2v) is 5.63. The number of rotatable bonds is 4. The van der Waals surface area contributed by atoms with Gasteiger partial charge in [-0.25, -0.2) is 13.2 Å². The van der Waals surface area contributed by atoms with E-state index < -0.39 is 41.1 Å². The molecule has 2 rings (SSSR count). The van der Waals surface area contributed by atoms with Crippen LogP contribution in [-0.2, 0) is 14.3 Å². The van der Waals surface area contributed by atoms with Crippen LogP contribution in [0.3, 0.4) is 0 Å². The summed E-state index contributed by atoms with van der Waals surface area (Å²) >= 11 is 0. The topological polar surface area (TPSA) is 55.4 Å². The van der Waals surface area contributed by atoms with E-state index in [1.165, 1.54) is 6.92 Å². The number of halogens is 3.